The van der Waals surface area contributed by atoms with Crippen molar-refractivity contribution in [3.8, 4) is 0 Å². The average molecular weight is 246 g/mol. The highest BCUT2D eigenvalue weighted by atomic mass is 32.2. The van der Waals surface area contributed by atoms with Crippen molar-refractivity contribution in [2.24, 2.45) is 0 Å². The zero-order valence-electron chi connectivity index (χ0n) is 11.1. The van der Waals surface area contributed by atoms with E-state index in [1.54, 1.807) is 7.11 Å². The SMILES string of the molecule is COCCNCC(C)N1CCSC(C)(C)C1. The quantitative estimate of drug-likeness (QED) is 0.717. The van der Waals surface area contributed by atoms with E-state index < -0.39 is 0 Å². The lowest BCUT2D eigenvalue weighted by molar-refractivity contribution is 0.178. The summed E-state index contributed by atoms with van der Waals surface area (Å²) in [6, 6.07) is 0.622. The molecule has 0 aromatic carbocycles. The van der Waals surface area contributed by atoms with E-state index in [-0.39, 0.29) is 0 Å². The predicted octanol–water partition coefficient (Wildman–Crippen LogP) is 1.44. The van der Waals surface area contributed by atoms with Crippen LogP contribution in [0.4, 0.5) is 0 Å². The van der Waals surface area contributed by atoms with Crippen LogP contribution in [0.15, 0.2) is 0 Å². The summed E-state index contributed by atoms with van der Waals surface area (Å²) < 4.78 is 5.44. The van der Waals surface area contributed by atoms with Crippen molar-refractivity contribution in [1.29, 1.82) is 0 Å². The summed E-state index contributed by atoms with van der Waals surface area (Å²) in [5.41, 5.74) is 0. The molecule has 0 radical (unpaired) electrons. The number of thioether (sulfide) groups is 1. The first-order chi connectivity index (χ1) is 7.55. The Labute approximate surface area is 104 Å². The molecule has 16 heavy (non-hydrogen) atoms. The van der Waals surface area contributed by atoms with E-state index in [1.807, 2.05) is 0 Å². The number of nitrogens with one attached hydrogen (secondary N) is 1. The molecule has 1 fully saturated rings. The van der Waals surface area contributed by atoms with Crippen molar-refractivity contribution in [2.45, 2.75) is 31.6 Å². The molecule has 0 aromatic rings. The standard InChI is InChI=1S/C12H26N2OS/c1-11(9-13-5-7-15-4)14-6-8-16-12(2,3)10-14/h11,13H,5-10H2,1-4H3. The van der Waals surface area contributed by atoms with Gasteiger partial charge in [0.2, 0.25) is 0 Å². The maximum absolute atomic E-state index is 5.02. The molecular formula is C12H26N2OS. The third kappa shape index (κ3) is 5.04. The number of methoxy groups -OCH3 is 1. The molecule has 96 valence electrons. The van der Waals surface area contributed by atoms with Crippen molar-refractivity contribution in [3.05, 3.63) is 0 Å². The number of rotatable bonds is 6. The lowest BCUT2D eigenvalue weighted by atomic mass is 10.1. The van der Waals surface area contributed by atoms with Crippen LogP contribution in [-0.4, -0.2) is 61.3 Å². The molecule has 0 bridgehead atoms. The zero-order chi connectivity index (χ0) is 12.0. The second-order valence-corrected chi connectivity index (χ2v) is 6.93. The van der Waals surface area contributed by atoms with Gasteiger partial charge < -0.3 is 10.1 Å². The van der Waals surface area contributed by atoms with Crippen LogP contribution in [0.3, 0.4) is 0 Å². The van der Waals surface area contributed by atoms with Gasteiger partial charge in [0.05, 0.1) is 6.61 Å². The van der Waals surface area contributed by atoms with Crippen molar-refractivity contribution in [3.63, 3.8) is 0 Å². The topological polar surface area (TPSA) is 24.5 Å². The summed E-state index contributed by atoms with van der Waals surface area (Å²) in [6.07, 6.45) is 0. The molecule has 1 unspecified atom stereocenters. The highest BCUT2D eigenvalue weighted by Crippen LogP contribution is 2.30. The Kier molecular flexibility index (Phi) is 6.11. The monoisotopic (exact) mass is 246 g/mol. The summed E-state index contributed by atoms with van der Waals surface area (Å²) in [5, 5.41) is 3.44. The average Bonchev–Trinajstić information content (AvgIpc) is 2.22. The molecular weight excluding hydrogens is 220 g/mol. The van der Waals surface area contributed by atoms with Gasteiger partial charge in [-0.25, -0.2) is 0 Å². The normalized spacial score (nSPS) is 23.2. The Morgan fingerprint density at radius 3 is 2.88 bits per heavy atom. The fraction of sp³-hybridized carbons (Fsp3) is 1.00. The van der Waals surface area contributed by atoms with Crippen molar-refractivity contribution in [2.75, 3.05) is 45.6 Å². The minimum absolute atomic E-state index is 0.416. The third-order valence-corrected chi connectivity index (χ3v) is 4.30. The zero-order valence-corrected chi connectivity index (χ0v) is 11.9. The number of hydrogen-bond acceptors (Lipinski definition) is 4. The molecule has 0 spiro atoms. The summed E-state index contributed by atoms with van der Waals surface area (Å²) in [5.74, 6) is 1.26. The summed E-state index contributed by atoms with van der Waals surface area (Å²) in [4.78, 5) is 2.59. The first kappa shape index (κ1) is 14.3. The molecule has 3 nitrogen and oxygen atoms in total. The molecule has 0 aliphatic carbocycles. The van der Waals surface area contributed by atoms with E-state index in [9.17, 15) is 0 Å². The molecule has 1 atom stereocenters. The molecule has 1 aliphatic rings. The highest BCUT2D eigenvalue weighted by Gasteiger charge is 2.29. The molecule has 1 aliphatic heterocycles. The lowest BCUT2D eigenvalue weighted by Gasteiger charge is -2.40. The summed E-state index contributed by atoms with van der Waals surface area (Å²) in [7, 11) is 1.75. The predicted molar refractivity (Wildman–Crippen MR) is 72.3 cm³/mol. The van der Waals surface area contributed by atoms with Gasteiger partial charge in [-0.2, -0.15) is 11.8 Å². The Hall–Kier alpha value is 0.230. The van der Waals surface area contributed by atoms with Crippen LogP contribution in [0.1, 0.15) is 20.8 Å². The van der Waals surface area contributed by atoms with Gasteiger partial charge in [-0.3, -0.25) is 4.90 Å². The first-order valence-electron chi connectivity index (χ1n) is 6.13. The lowest BCUT2D eigenvalue weighted by Crippen LogP contribution is -2.50. The maximum atomic E-state index is 5.02. The van der Waals surface area contributed by atoms with Gasteiger partial charge in [-0.15, -0.1) is 0 Å². The first-order valence-corrected chi connectivity index (χ1v) is 7.11. The molecule has 1 N–H and O–H groups in total. The van der Waals surface area contributed by atoms with E-state index in [1.165, 1.54) is 18.8 Å². The Morgan fingerprint density at radius 1 is 1.50 bits per heavy atom. The Morgan fingerprint density at radius 2 is 2.25 bits per heavy atom. The van der Waals surface area contributed by atoms with Crippen LogP contribution in [0, 0.1) is 0 Å². The van der Waals surface area contributed by atoms with Crippen LogP contribution in [0.25, 0.3) is 0 Å². The highest BCUT2D eigenvalue weighted by molar-refractivity contribution is 8.00. The largest absolute Gasteiger partial charge is 0.383 e. The van der Waals surface area contributed by atoms with Gasteiger partial charge in [0.1, 0.15) is 0 Å². The summed E-state index contributed by atoms with van der Waals surface area (Å²) >= 11 is 2.09. The smallest absolute Gasteiger partial charge is 0.0587 e. The molecule has 0 aromatic heterocycles. The number of hydrogen-bond donors (Lipinski definition) is 1. The summed E-state index contributed by atoms with van der Waals surface area (Å²) in [6.45, 7) is 12.2. The Bertz CT molecular complexity index is 199. The maximum Gasteiger partial charge on any atom is 0.0587 e. The molecule has 4 heteroatoms. The second-order valence-electron chi connectivity index (χ2n) is 5.12. The van der Waals surface area contributed by atoms with E-state index >= 15 is 0 Å². The van der Waals surface area contributed by atoms with Gasteiger partial charge in [0.15, 0.2) is 0 Å². The molecule has 1 heterocycles. The van der Waals surface area contributed by atoms with Gasteiger partial charge in [0.25, 0.3) is 0 Å². The molecule has 1 rings (SSSR count). The number of nitrogens with zero attached hydrogens (tertiary/aromatic N) is 1. The fourth-order valence-corrected chi connectivity index (χ4v) is 3.18. The molecule has 0 saturated carbocycles. The van der Waals surface area contributed by atoms with Crippen LogP contribution < -0.4 is 5.32 Å². The Balaban J connectivity index is 2.22. The van der Waals surface area contributed by atoms with Crippen LogP contribution in [-0.2, 0) is 4.74 Å². The van der Waals surface area contributed by atoms with E-state index in [0.717, 1.165) is 19.7 Å². The molecule has 0 amide bonds. The van der Waals surface area contributed by atoms with Crippen LogP contribution in [0.5, 0.6) is 0 Å². The van der Waals surface area contributed by atoms with Gasteiger partial charge in [0, 0.05) is 49.8 Å². The minimum atomic E-state index is 0.416. The van der Waals surface area contributed by atoms with Gasteiger partial charge in [-0.05, 0) is 20.8 Å². The minimum Gasteiger partial charge on any atom is -0.383 e. The van der Waals surface area contributed by atoms with Crippen molar-refractivity contribution in [1.82, 2.24) is 10.2 Å². The van der Waals surface area contributed by atoms with Gasteiger partial charge in [-0.1, -0.05) is 0 Å². The van der Waals surface area contributed by atoms with Crippen molar-refractivity contribution >= 4 is 11.8 Å². The van der Waals surface area contributed by atoms with Gasteiger partial charge >= 0.3 is 0 Å². The van der Waals surface area contributed by atoms with Crippen LogP contribution in [0.2, 0.25) is 0 Å². The number of ether oxygens (including phenoxy) is 1. The van der Waals surface area contributed by atoms with Crippen molar-refractivity contribution < 1.29 is 4.74 Å². The fourth-order valence-electron chi connectivity index (χ4n) is 2.04. The third-order valence-electron chi connectivity index (χ3n) is 3.00. The van der Waals surface area contributed by atoms with E-state index in [0.29, 0.717) is 10.8 Å². The van der Waals surface area contributed by atoms with Crippen LogP contribution >= 0.6 is 11.8 Å². The van der Waals surface area contributed by atoms with E-state index in [4.69, 9.17) is 4.74 Å². The molecule has 1 saturated heterocycles. The van der Waals surface area contributed by atoms with E-state index in [2.05, 4.69) is 42.7 Å². The second kappa shape index (κ2) is 6.84.